The molecule has 0 saturated carbocycles. The Kier molecular flexibility index (Phi) is 2.24. The molecular formula is C14H15NO3. The van der Waals surface area contributed by atoms with E-state index in [-0.39, 0.29) is 17.3 Å². The van der Waals surface area contributed by atoms with Gasteiger partial charge in [0.2, 0.25) is 11.6 Å². The van der Waals surface area contributed by atoms with Gasteiger partial charge in [0.05, 0.1) is 12.7 Å². The van der Waals surface area contributed by atoms with E-state index < -0.39 is 0 Å². The van der Waals surface area contributed by atoms with Crippen molar-refractivity contribution < 1.29 is 14.3 Å². The standard InChI is InChI=1S/C14H15NO3/c1-7-9-5-4-6-15(9)11-10(7)13(17)14(18-3)8(2)12(11)16/h4-6H2,1-3H3. The van der Waals surface area contributed by atoms with Gasteiger partial charge in [0.1, 0.15) is 5.69 Å². The molecule has 0 fully saturated rings. The van der Waals surface area contributed by atoms with Crippen molar-refractivity contribution in [2.45, 2.75) is 33.2 Å². The van der Waals surface area contributed by atoms with Crippen molar-refractivity contribution in [1.82, 2.24) is 4.57 Å². The molecule has 0 bridgehead atoms. The molecule has 18 heavy (non-hydrogen) atoms. The fraction of sp³-hybridized carbons (Fsp3) is 0.429. The van der Waals surface area contributed by atoms with Gasteiger partial charge in [0.15, 0.2) is 5.76 Å². The maximum atomic E-state index is 12.4. The second-order valence-electron chi connectivity index (χ2n) is 4.87. The normalized spacial score (nSPS) is 18.2. The van der Waals surface area contributed by atoms with E-state index in [1.54, 1.807) is 6.92 Å². The van der Waals surface area contributed by atoms with Crippen molar-refractivity contribution in [3.8, 4) is 0 Å². The Balaban J connectivity index is 2.32. The van der Waals surface area contributed by atoms with E-state index in [0.29, 0.717) is 16.8 Å². The number of carbonyl (C=O) groups is 2. The fourth-order valence-electron chi connectivity index (χ4n) is 3.09. The molecule has 1 aliphatic carbocycles. The Labute approximate surface area is 105 Å². The van der Waals surface area contributed by atoms with Crippen molar-refractivity contribution in [1.29, 1.82) is 0 Å². The molecule has 0 amide bonds. The van der Waals surface area contributed by atoms with Gasteiger partial charge in [-0.3, -0.25) is 9.59 Å². The van der Waals surface area contributed by atoms with Crippen LogP contribution in [0, 0.1) is 6.92 Å². The minimum atomic E-state index is -0.149. The number of carbonyl (C=O) groups excluding carboxylic acids is 2. The van der Waals surface area contributed by atoms with E-state index in [0.717, 1.165) is 30.6 Å². The Morgan fingerprint density at radius 3 is 2.56 bits per heavy atom. The molecule has 0 saturated heterocycles. The second kappa shape index (κ2) is 3.57. The van der Waals surface area contributed by atoms with E-state index in [1.807, 2.05) is 11.5 Å². The molecule has 3 rings (SSSR count). The topological polar surface area (TPSA) is 48.3 Å². The van der Waals surface area contributed by atoms with Crippen LogP contribution < -0.4 is 0 Å². The van der Waals surface area contributed by atoms with Gasteiger partial charge in [-0.2, -0.15) is 0 Å². The SMILES string of the molecule is COC1=C(C)C(=O)c2c(c(C)c3n2CCC3)C1=O. The molecule has 0 radical (unpaired) electrons. The van der Waals surface area contributed by atoms with Gasteiger partial charge in [0, 0.05) is 17.8 Å². The lowest BCUT2D eigenvalue weighted by atomic mass is 9.91. The minimum Gasteiger partial charge on any atom is -0.492 e. The number of aromatic nitrogens is 1. The lowest BCUT2D eigenvalue weighted by Gasteiger charge is -2.17. The van der Waals surface area contributed by atoms with Crippen LogP contribution in [-0.2, 0) is 17.7 Å². The molecular weight excluding hydrogens is 230 g/mol. The zero-order valence-electron chi connectivity index (χ0n) is 10.8. The summed E-state index contributed by atoms with van der Waals surface area (Å²) in [5.41, 5.74) is 3.62. The van der Waals surface area contributed by atoms with Crippen molar-refractivity contribution in [3.63, 3.8) is 0 Å². The van der Waals surface area contributed by atoms with Crippen LogP contribution in [0.5, 0.6) is 0 Å². The van der Waals surface area contributed by atoms with Crippen molar-refractivity contribution in [3.05, 3.63) is 33.8 Å². The first kappa shape index (κ1) is 11.3. The van der Waals surface area contributed by atoms with Crippen LogP contribution in [0.1, 0.15) is 45.4 Å². The number of ketones is 2. The average molecular weight is 245 g/mol. The van der Waals surface area contributed by atoms with Gasteiger partial charge in [-0.15, -0.1) is 0 Å². The number of allylic oxidation sites excluding steroid dienone is 2. The minimum absolute atomic E-state index is 0.0716. The molecule has 0 spiro atoms. The van der Waals surface area contributed by atoms with Gasteiger partial charge in [0.25, 0.3) is 0 Å². The third-order valence-corrected chi connectivity index (χ3v) is 3.97. The largest absolute Gasteiger partial charge is 0.492 e. The number of ether oxygens (including phenoxy) is 1. The van der Waals surface area contributed by atoms with Crippen LogP contribution in [0.4, 0.5) is 0 Å². The summed E-state index contributed by atoms with van der Waals surface area (Å²) < 4.78 is 7.11. The van der Waals surface area contributed by atoms with E-state index in [9.17, 15) is 9.59 Å². The monoisotopic (exact) mass is 245 g/mol. The highest BCUT2D eigenvalue weighted by molar-refractivity contribution is 6.26. The third-order valence-electron chi connectivity index (χ3n) is 3.97. The zero-order valence-corrected chi connectivity index (χ0v) is 10.8. The number of hydrogen-bond acceptors (Lipinski definition) is 3. The summed E-state index contributed by atoms with van der Waals surface area (Å²) in [7, 11) is 1.44. The summed E-state index contributed by atoms with van der Waals surface area (Å²) in [5.74, 6) is -0.0263. The highest BCUT2D eigenvalue weighted by Gasteiger charge is 2.38. The Morgan fingerprint density at radius 2 is 1.89 bits per heavy atom. The molecule has 0 aromatic carbocycles. The fourth-order valence-corrected chi connectivity index (χ4v) is 3.09. The number of nitrogens with zero attached hydrogens (tertiary/aromatic N) is 1. The van der Waals surface area contributed by atoms with E-state index in [4.69, 9.17) is 4.74 Å². The van der Waals surface area contributed by atoms with E-state index in [2.05, 4.69) is 0 Å². The zero-order chi connectivity index (χ0) is 13.0. The summed E-state index contributed by atoms with van der Waals surface area (Å²) >= 11 is 0. The molecule has 2 heterocycles. The van der Waals surface area contributed by atoms with Crippen molar-refractivity contribution >= 4 is 11.6 Å². The van der Waals surface area contributed by atoms with Gasteiger partial charge in [-0.05, 0) is 32.3 Å². The molecule has 1 aromatic rings. The summed E-state index contributed by atoms with van der Waals surface area (Å²) in [4.78, 5) is 24.8. The molecule has 0 unspecified atom stereocenters. The molecule has 2 aliphatic rings. The number of methoxy groups -OCH3 is 1. The second-order valence-corrected chi connectivity index (χ2v) is 4.87. The quantitative estimate of drug-likeness (QED) is 0.760. The maximum absolute atomic E-state index is 12.4. The first-order valence-corrected chi connectivity index (χ1v) is 6.14. The Hall–Kier alpha value is -1.84. The highest BCUT2D eigenvalue weighted by Crippen LogP contribution is 2.35. The van der Waals surface area contributed by atoms with Crippen LogP contribution in [0.2, 0.25) is 0 Å². The maximum Gasteiger partial charge on any atom is 0.230 e. The van der Waals surface area contributed by atoms with Crippen LogP contribution in [-0.4, -0.2) is 23.2 Å². The molecule has 4 heteroatoms. The smallest absolute Gasteiger partial charge is 0.230 e. The first-order valence-electron chi connectivity index (χ1n) is 6.14. The van der Waals surface area contributed by atoms with E-state index >= 15 is 0 Å². The summed E-state index contributed by atoms with van der Waals surface area (Å²) in [6.07, 6.45) is 1.99. The Morgan fingerprint density at radius 1 is 1.17 bits per heavy atom. The van der Waals surface area contributed by atoms with Gasteiger partial charge in [-0.25, -0.2) is 0 Å². The van der Waals surface area contributed by atoms with Gasteiger partial charge in [-0.1, -0.05) is 0 Å². The predicted octanol–water partition coefficient (Wildman–Crippen LogP) is 2.04. The Bertz CT molecular complexity index is 619. The molecule has 4 nitrogen and oxygen atoms in total. The number of Topliss-reactive ketones (excluding diaryl/α,β-unsaturated/α-hetero) is 2. The first-order chi connectivity index (χ1) is 8.57. The van der Waals surface area contributed by atoms with Crippen molar-refractivity contribution in [2.24, 2.45) is 0 Å². The number of rotatable bonds is 1. The van der Waals surface area contributed by atoms with Crippen LogP contribution in [0.15, 0.2) is 11.3 Å². The lowest BCUT2D eigenvalue weighted by molar-refractivity contribution is 0.0902. The summed E-state index contributed by atoms with van der Waals surface area (Å²) in [5, 5.41) is 0. The van der Waals surface area contributed by atoms with Crippen LogP contribution in [0.25, 0.3) is 0 Å². The molecule has 0 N–H and O–H groups in total. The van der Waals surface area contributed by atoms with E-state index in [1.165, 1.54) is 7.11 Å². The number of hydrogen-bond donors (Lipinski definition) is 0. The van der Waals surface area contributed by atoms with Gasteiger partial charge < -0.3 is 9.30 Å². The third kappa shape index (κ3) is 1.15. The lowest BCUT2D eigenvalue weighted by Crippen LogP contribution is -2.23. The van der Waals surface area contributed by atoms with Crippen LogP contribution in [0.3, 0.4) is 0 Å². The van der Waals surface area contributed by atoms with Gasteiger partial charge >= 0.3 is 0 Å². The molecule has 1 aromatic heterocycles. The molecule has 94 valence electrons. The van der Waals surface area contributed by atoms with Crippen LogP contribution >= 0.6 is 0 Å². The highest BCUT2D eigenvalue weighted by atomic mass is 16.5. The summed E-state index contributed by atoms with van der Waals surface area (Å²) in [6.45, 7) is 4.42. The van der Waals surface area contributed by atoms with Crippen molar-refractivity contribution in [2.75, 3.05) is 7.11 Å². The average Bonchev–Trinajstić information content (AvgIpc) is 2.90. The number of fused-ring (bicyclic) bond motifs is 3. The molecule has 1 aliphatic heterocycles. The predicted molar refractivity (Wildman–Crippen MR) is 65.9 cm³/mol. The summed E-state index contributed by atoms with van der Waals surface area (Å²) in [6, 6.07) is 0. The molecule has 0 atom stereocenters.